The molecule has 2 aromatic rings. The summed E-state index contributed by atoms with van der Waals surface area (Å²) in [7, 11) is -3.43. The second-order valence-electron chi connectivity index (χ2n) is 6.19. The first-order chi connectivity index (χ1) is 12.3. The van der Waals surface area contributed by atoms with E-state index < -0.39 is 28.1 Å². The van der Waals surface area contributed by atoms with Gasteiger partial charge in [0.2, 0.25) is 16.0 Å². The van der Waals surface area contributed by atoms with Gasteiger partial charge in [0.15, 0.2) is 5.82 Å². The Morgan fingerprint density at radius 2 is 2.23 bits per heavy atom. The minimum atomic E-state index is -3.43. The SMILES string of the molecule is C#Cc1c(F)c2cnc(N[C@@H]3CCN(S(C)(=O)=O)C[C@H]3F)nn2c1CC. The van der Waals surface area contributed by atoms with Gasteiger partial charge in [0.25, 0.3) is 0 Å². The number of terminal acetylenes is 1. The second-order valence-corrected chi connectivity index (χ2v) is 8.17. The molecule has 2 atom stereocenters. The van der Waals surface area contributed by atoms with Gasteiger partial charge < -0.3 is 5.32 Å². The van der Waals surface area contributed by atoms with E-state index in [1.165, 1.54) is 10.7 Å². The van der Waals surface area contributed by atoms with E-state index in [0.717, 1.165) is 10.6 Å². The van der Waals surface area contributed by atoms with Crippen molar-refractivity contribution in [3.8, 4) is 12.3 Å². The fourth-order valence-corrected chi connectivity index (χ4v) is 3.96. The van der Waals surface area contributed by atoms with E-state index in [-0.39, 0.29) is 36.5 Å². The maximum Gasteiger partial charge on any atom is 0.241 e. The molecular formula is C16H19F2N5O2S. The summed E-state index contributed by atoms with van der Waals surface area (Å²) in [6.45, 7) is 1.81. The highest BCUT2D eigenvalue weighted by atomic mass is 32.2. The summed E-state index contributed by atoms with van der Waals surface area (Å²) in [4.78, 5) is 4.04. The predicted molar refractivity (Wildman–Crippen MR) is 93.6 cm³/mol. The van der Waals surface area contributed by atoms with Crippen LogP contribution in [0.2, 0.25) is 0 Å². The van der Waals surface area contributed by atoms with Crippen molar-refractivity contribution in [1.82, 2.24) is 18.9 Å². The molecule has 2 aromatic heterocycles. The van der Waals surface area contributed by atoms with Crippen molar-refractivity contribution < 1.29 is 17.2 Å². The molecule has 140 valence electrons. The standard InChI is InChI=1S/C16H19F2N5O2S/c1-4-10-13(5-2)23-14(15(10)18)8-19-16(21-23)20-12-6-7-22(9-11(12)17)26(3,24)25/h1,8,11-12H,5-7,9H2,2-3H3,(H,20,21)/t11-,12-/m1/s1. The van der Waals surface area contributed by atoms with Gasteiger partial charge in [-0.1, -0.05) is 12.8 Å². The Morgan fingerprint density at radius 3 is 2.81 bits per heavy atom. The van der Waals surface area contributed by atoms with Crippen LogP contribution in [0.4, 0.5) is 14.7 Å². The van der Waals surface area contributed by atoms with E-state index in [2.05, 4.69) is 21.3 Å². The van der Waals surface area contributed by atoms with Crippen LogP contribution in [0.3, 0.4) is 0 Å². The number of hydrogen-bond acceptors (Lipinski definition) is 5. The van der Waals surface area contributed by atoms with Crippen LogP contribution in [0.5, 0.6) is 0 Å². The third kappa shape index (κ3) is 3.24. The first-order valence-corrected chi connectivity index (χ1v) is 9.99. The molecule has 1 aliphatic rings. The Kier molecular flexibility index (Phi) is 4.86. The monoisotopic (exact) mass is 383 g/mol. The lowest BCUT2D eigenvalue weighted by Crippen LogP contribution is -2.49. The number of alkyl halides is 1. The van der Waals surface area contributed by atoms with Gasteiger partial charge in [-0.2, -0.15) is 4.31 Å². The number of rotatable bonds is 4. The van der Waals surface area contributed by atoms with Crippen molar-refractivity contribution in [2.75, 3.05) is 24.7 Å². The number of sulfonamides is 1. The number of halogens is 2. The van der Waals surface area contributed by atoms with Crippen LogP contribution < -0.4 is 5.32 Å². The number of anilines is 1. The summed E-state index contributed by atoms with van der Waals surface area (Å²) in [5.74, 6) is 1.90. The number of aromatic nitrogens is 3. The van der Waals surface area contributed by atoms with Crippen molar-refractivity contribution in [3.63, 3.8) is 0 Å². The molecule has 1 aliphatic heterocycles. The summed E-state index contributed by atoms with van der Waals surface area (Å²) in [6.07, 6.45) is 7.06. The third-order valence-corrected chi connectivity index (χ3v) is 5.76. The minimum absolute atomic E-state index is 0.131. The summed E-state index contributed by atoms with van der Waals surface area (Å²) in [5, 5.41) is 7.11. The quantitative estimate of drug-likeness (QED) is 0.803. The number of hydrogen-bond donors (Lipinski definition) is 1. The maximum absolute atomic E-state index is 14.4. The van der Waals surface area contributed by atoms with Gasteiger partial charge in [-0.05, 0) is 12.8 Å². The van der Waals surface area contributed by atoms with Crippen LogP contribution in [0, 0.1) is 18.2 Å². The molecule has 7 nitrogen and oxygen atoms in total. The van der Waals surface area contributed by atoms with E-state index >= 15 is 0 Å². The third-order valence-electron chi connectivity index (χ3n) is 4.49. The van der Waals surface area contributed by atoms with Crippen molar-refractivity contribution in [1.29, 1.82) is 0 Å². The molecule has 0 aliphatic carbocycles. The van der Waals surface area contributed by atoms with Gasteiger partial charge in [-0.15, -0.1) is 11.5 Å². The maximum atomic E-state index is 14.4. The highest BCUT2D eigenvalue weighted by molar-refractivity contribution is 7.88. The zero-order chi connectivity index (χ0) is 19.1. The van der Waals surface area contributed by atoms with Crippen LogP contribution in [-0.4, -0.2) is 58.9 Å². The summed E-state index contributed by atoms with van der Waals surface area (Å²) >= 11 is 0. The largest absolute Gasteiger partial charge is 0.347 e. The molecule has 0 unspecified atom stereocenters. The lowest BCUT2D eigenvalue weighted by molar-refractivity contribution is 0.186. The van der Waals surface area contributed by atoms with Crippen LogP contribution in [0.25, 0.3) is 5.52 Å². The topological polar surface area (TPSA) is 79.6 Å². The van der Waals surface area contributed by atoms with Gasteiger partial charge in [-0.25, -0.2) is 26.7 Å². The average molecular weight is 383 g/mol. The van der Waals surface area contributed by atoms with Crippen molar-refractivity contribution in [3.05, 3.63) is 23.3 Å². The van der Waals surface area contributed by atoms with Crippen LogP contribution in [0.1, 0.15) is 24.6 Å². The van der Waals surface area contributed by atoms with Gasteiger partial charge >= 0.3 is 0 Å². The summed E-state index contributed by atoms with van der Waals surface area (Å²) < 4.78 is 54.2. The fourth-order valence-electron chi connectivity index (χ4n) is 3.11. The fraction of sp³-hybridized carbons (Fsp3) is 0.500. The number of nitrogens with one attached hydrogen (secondary N) is 1. The number of nitrogens with zero attached hydrogens (tertiary/aromatic N) is 4. The molecule has 1 saturated heterocycles. The molecule has 0 radical (unpaired) electrons. The number of piperidine rings is 1. The van der Waals surface area contributed by atoms with Gasteiger partial charge in [0.05, 0.1) is 29.8 Å². The van der Waals surface area contributed by atoms with Crippen molar-refractivity contribution in [2.45, 2.75) is 32.0 Å². The van der Waals surface area contributed by atoms with E-state index in [9.17, 15) is 17.2 Å². The van der Waals surface area contributed by atoms with E-state index in [0.29, 0.717) is 12.1 Å². The molecule has 10 heteroatoms. The highest BCUT2D eigenvalue weighted by Gasteiger charge is 2.33. The molecule has 1 fully saturated rings. The molecule has 0 amide bonds. The van der Waals surface area contributed by atoms with E-state index in [4.69, 9.17) is 6.42 Å². The Bertz CT molecular complexity index is 983. The Morgan fingerprint density at radius 1 is 1.50 bits per heavy atom. The lowest BCUT2D eigenvalue weighted by Gasteiger charge is -2.33. The molecule has 26 heavy (non-hydrogen) atoms. The normalized spacial score (nSPS) is 21.7. The van der Waals surface area contributed by atoms with Crippen molar-refractivity contribution >= 4 is 21.5 Å². The second kappa shape index (κ2) is 6.81. The Labute approximate surface area is 150 Å². The first kappa shape index (κ1) is 18.5. The van der Waals surface area contributed by atoms with Gasteiger partial charge in [-0.3, -0.25) is 0 Å². The molecule has 0 bridgehead atoms. The molecule has 0 aromatic carbocycles. The zero-order valence-electron chi connectivity index (χ0n) is 14.4. The first-order valence-electron chi connectivity index (χ1n) is 8.14. The predicted octanol–water partition coefficient (Wildman–Crippen LogP) is 1.20. The smallest absolute Gasteiger partial charge is 0.241 e. The Balaban J connectivity index is 1.85. The zero-order valence-corrected chi connectivity index (χ0v) is 15.2. The number of fused-ring (bicyclic) bond motifs is 1. The molecule has 1 N–H and O–H groups in total. The lowest BCUT2D eigenvalue weighted by atomic mass is 10.1. The van der Waals surface area contributed by atoms with Crippen molar-refractivity contribution in [2.24, 2.45) is 0 Å². The molecule has 3 rings (SSSR count). The summed E-state index contributed by atoms with van der Waals surface area (Å²) in [6, 6.07) is -0.636. The molecule has 0 saturated carbocycles. The van der Waals surface area contributed by atoms with Crippen LogP contribution >= 0.6 is 0 Å². The van der Waals surface area contributed by atoms with Gasteiger partial charge in [0.1, 0.15) is 11.7 Å². The summed E-state index contributed by atoms with van der Waals surface area (Å²) in [5.41, 5.74) is 0.835. The minimum Gasteiger partial charge on any atom is -0.347 e. The number of aryl methyl sites for hydroxylation is 1. The molecule has 3 heterocycles. The van der Waals surface area contributed by atoms with E-state index in [1.807, 2.05) is 6.92 Å². The average Bonchev–Trinajstić information content (AvgIpc) is 2.86. The highest BCUT2D eigenvalue weighted by Crippen LogP contribution is 2.23. The van der Waals surface area contributed by atoms with Crippen LogP contribution in [-0.2, 0) is 16.4 Å². The Hall–Kier alpha value is -2.25. The van der Waals surface area contributed by atoms with Crippen LogP contribution in [0.15, 0.2) is 6.20 Å². The molecular weight excluding hydrogens is 364 g/mol. The molecule has 0 spiro atoms. The van der Waals surface area contributed by atoms with E-state index in [1.54, 1.807) is 0 Å². The van der Waals surface area contributed by atoms with Gasteiger partial charge in [0, 0.05) is 13.1 Å².